The minimum absolute atomic E-state index is 0.298. The predicted molar refractivity (Wildman–Crippen MR) is 106 cm³/mol. The second-order valence-corrected chi connectivity index (χ2v) is 7.14. The van der Waals surface area contributed by atoms with Gasteiger partial charge >= 0.3 is 0 Å². The Kier molecular flexibility index (Phi) is 4.42. The summed E-state index contributed by atoms with van der Waals surface area (Å²) in [5.74, 6) is 0. The van der Waals surface area contributed by atoms with Crippen molar-refractivity contribution in [3.8, 4) is 22.5 Å². The minimum Gasteiger partial charge on any atom is -0.310 e. The molecule has 0 aliphatic carbocycles. The molecule has 1 saturated heterocycles. The van der Waals surface area contributed by atoms with Crippen LogP contribution in [0.4, 0.5) is 0 Å². The van der Waals surface area contributed by atoms with Crippen LogP contribution >= 0.6 is 0 Å². The second kappa shape index (κ2) is 7.36. The Morgan fingerprint density at radius 1 is 0.821 bits per heavy atom. The van der Waals surface area contributed by atoms with Gasteiger partial charge in [0.15, 0.2) is 0 Å². The molecule has 1 fully saturated rings. The average molecular weight is 371 g/mol. The lowest BCUT2D eigenvalue weighted by Crippen LogP contribution is -2.26. The maximum atomic E-state index is 4.35. The van der Waals surface area contributed by atoms with Crippen LogP contribution in [-0.2, 0) is 6.54 Å². The molecule has 0 saturated carbocycles. The molecule has 0 spiro atoms. The van der Waals surface area contributed by atoms with Gasteiger partial charge in [-0.2, -0.15) is 0 Å². The molecule has 7 nitrogen and oxygen atoms in total. The molecule has 1 N–H and O–H groups in total. The van der Waals surface area contributed by atoms with Crippen molar-refractivity contribution in [2.24, 2.45) is 0 Å². The Hall–Kier alpha value is -3.32. The minimum atomic E-state index is 0.298. The fourth-order valence-corrected chi connectivity index (χ4v) is 3.69. The zero-order valence-corrected chi connectivity index (χ0v) is 15.4. The number of rotatable bonds is 5. The van der Waals surface area contributed by atoms with Gasteiger partial charge < -0.3 is 5.32 Å². The van der Waals surface area contributed by atoms with Crippen molar-refractivity contribution in [3.05, 3.63) is 73.1 Å². The Balaban J connectivity index is 1.23. The Morgan fingerprint density at radius 3 is 2.18 bits per heavy atom. The summed E-state index contributed by atoms with van der Waals surface area (Å²) in [6.45, 7) is 1.67. The summed E-state index contributed by atoms with van der Waals surface area (Å²) in [6, 6.07) is 20.9. The number of hydrogen-bond acceptors (Lipinski definition) is 5. The van der Waals surface area contributed by atoms with E-state index in [1.165, 1.54) is 0 Å². The quantitative estimate of drug-likeness (QED) is 0.584. The van der Waals surface area contributed by atoms with E-state index >= 15 is 0 Å². The van der Waals surface area contributed by atoms with Gasteiger partial charge in [-0.25, -0.2) is 4.68 Å². The standard InChI is InChI=1S/C21H21N7/c1-3-7-16(8-4-1)20-14-27(25-23-20)13-18-11-19(12-22-18)28-15-21(24-26-28)17-9-5-2-6-10-17/h1-10,14-15,18-19,22H,11-13H2/t18-,19-/m0/s1. The zero-order chi connectivity index (χ0) is 18.8. The molecule has 0 radical (unpaired) electrons. The van der Waals surface area contributed by atoms with Gasteiger partial charge in [0.1, 0.15) is 11.4 Å². The Morgan fingerprint density at radius 2 is 1.46 bits per heavy atom. The van der Waals surface area contributed by atoms with E-state index in [-0.39, 0.29) is 0 Å². The first-order valence-corrected chi connectivity index (χ1v) is 9.51. The van der Waals surface area contributed by atoms with E-state index in [1.54, 1.807) is 0 Å². The van der Waals surface area contributed by atoms with Crippen molar-refractivity contribution in [1.82, 2.24) is 35.3 Å². The zero-order valence-electron chi connectivity index (χ0n) is 15.4. The highest BCUT2D eigenvalue weighted by atomic mass is 15.5. The highest BCUT2D eigenvalue weighted by Gasteiger charge is 2.27. The van der Waals surface area contributed by atoms with E-state index in [1.807, 2.05) is 70.3 Å². The van der Waals surface area contributed by atoms with Crippen molar-refractivity contribution < 1.29 is 0 Å². The van der Waals surface area contributed by atoms with Crippen molar-refractivity contribution >= 4 is 0 Å². The molecule has 7 heteroatoms. The summed E-state index contributed by atoms with van der Waals surface area (Å²) in [6.07, 6.45) is 5.03. The molecule has 140 valence electrons. The van der Waals surface area contributed by atoms with Crippen LogP contribution in [0.1, 0.15) is 12.5 Å². The molecular formula is C21H21N7. The molecule has 0 bridgehead atoms. The molecule has 2 atom stereocenters. The molecule has 1 aliphatic heterocycles. The lowest BCUT2D eigenvalue weighted by atomic mass is 10.1. The average Bonchev–Trinajstić information content (AvgIpc) is 3.50. The van der Waals surface area contributed by atoms with Gasteiger partial charge in [-0.15, -0.1) is 10.2 Å². The SMILES string of the molecule is c1ccc(-c2cn(C[C@@H]3C[C@H](n4cc(-c5ccccc5)nn4)CN3)nn2)cc1. The highest BCUT2D eigenvalue weighted by molar-refractivity contribution is 5.57. The number of nitrogens with one attached hydrogen (secondary N) is 1. The van der Waals surface area contributed by atoms with Crippen LogP contribution in [0.3, 0.4) is 0 Å². The first kappa shape index (κ1) is 16.8. The Labute approximate surface area is 163 Å². The van der Waals surface area contributed by atoms with Gasteiger partial charge in [-0.1, -0.05) is 71.1 Å². The smallest absolute Gasteiger partial charge is 0.113 e. The van der Waals surface area contributed by atoms with E-state index in [4.69, 9.17) is 0 Å². The number of aromatic nitrogens is 6. The van der Waals surface area contributed by atoms with Crippen LogP contribution in [0.25, 0.3) is 22.5 Å². The number of benzene rings is 2. The summed E-state index contributed by atoms with van der Waals surface area (Å²) < 4.78 is 3.89. The van der Waals surface area contributed by atoms with Crippen LogP contribution in [0, 0.1) is 0 Å². The van der Waals surface area contributed by atoms with Crippen LogP contribution in [0.5, 0.6) is 0 Å². The molecule has 28 heavy (non-hydrogen) atoms. The predicted octanol–water partition coefficient (Wildman–Crippen LogP) is 2.81. The first-order chi connectivity index (χ1) is 13.8. The van der Waals surface area contributed by atoms with Crippen molar-refractivity contribution in [1.29, 1.82) is 0 Å². The second-order valence-electron chi connectivity index (χ2n) is 7.14. The third-order valence-electron chi connectivity index (χ3n) is 5.17. The fraction of sp³-hybridized carbons (Fsp3) is 0.238. The molecule has 0 unspecified atom stereocenters. The molecule has 1 aliphatic rings. The monoisotopic (exact) mass is 371 g/mol. The van der Waals surface area contributed by atoms with Crippen molar-refractivity contribution in [2.75, 3.05) is 6.54 Å². The van der Waals surface area contributed by atoms with Crippen LogP contribution in [-0.4, -0.2) is 42.6 Å². The first-order valence-electron chi connectivity index (χ1n) is 9.51. The van der Waals surface area contributed by atoms with E-state index in [0.717, 1.165) is 42.0 Å². The molecular weight excluding hydrogens is 350 g/mol. The normalized spacial score (nSPS) is 19.1. The van der Waals surface area contributed by atoms with E-state index in [0.29, 0.717) is 12.1 Å². The van der Waals surface area contributed by atoms with Crippen LogP contribution < -0.4 is 5.32 Å². The maximum Gasteiger partial charge on any atom is 0.113 e. The summed E-state index contributed by atoms with van der Waals surface area (Å²) in [4.78, 5) is 0. The third-order valence-corrected chi connectivity index (χ3v) is 5.17. The van der Waals surface area contributed by atoms with Gasteiger partial charge in [0.05, 0.1) is 25.0 Å². The fourth-order valence-electron chi connectivity index (χ4n) is 3.69. The van der Waals surface area contributed by atoms with Crippen molar-refractivity contribution in [3.63, 3.8) is 0 Å². The van der Waals surface area contributed by atoms with E-state index in [9.17, 15) is 0 Å². The van der Waals surface area contributed by atoms with Gasteiger partial charge in [0, 0.05) is 23.7 Å². The maximum absolute atomic E-state index is 4.35. The topological polar surface area (TPSA) is 73.5 Å². The van der Waals surface area contributed by atoms with Gasteiger partial charge in [0.2, 0.25) is 0 Å². The number of nitrogens with zero attached hydrogens (tertiary/aromatic N) is 6. The molecule has 0 amide bonds. The van der Waals surface area contributed by atoms with E-state index in [2.05, 4.69) is 38.1 Å². The lowest BCUT2D eigenvalue weighted by Gasteiger charge is -2.10. The summed E-state index contributed by atoms with van der Waals surface area (Å²) in [5.41, 5.74) is 3.99. The van der Waals surface area contributed by atoms with E-state index < -0.39 is 0 Å². The molecule has 4 aromatic rings. The third kappa shape index (κ3) is 3.44. The summed E-state index contributed by atoms with van der Waals surface area (Å²) in [7, 11) is 0. The number of hydrogen-bond donors (Lipinski definition) is 1. The van der Waals surface area contributed by atoms with Gasteiger partial charge in [-0.05, 0) is 6.42 Å². The molecule has 5 rings (SSSR count). The molecule has 2 aromatic carbocycles. The van der Waals surface area contributed by atoms with Gasteiger partial charge in [-0.3, -0.25) is 4.68 Å². The van der Waals surface area contributed by atoms with Crippen LogP contribution in [0.2, 0.25) is 0 Å². The lowest BCUT2D eigenvalue weighted by molar-refractivity contribution is 0.434. The largest absolute Gasteiger partial charge is 0.310 e. The highest BCUT2D eigenvalue weighted by Crippen LogP contribution is 2.23. The Bertz CT molecular complexity index is 1040. The van der Waals surface area contributed by atoms with Crippen LogP contribution in [0.15, 0.2) is 73.1 Å². The molecule has 2 aromatic heterocycles. The summed E-state index contributed by atoms with van der Waals surface area (Å²) in [5, 5.41) is 20.9. The summed E-state index contributed by atoms with van der Waals surface area (Å²) >= 11 is 0. The molecule has 3 heterocycles. The van der Waals surface area contributed by atoms with Crippen molar-refractivity contribution in [2.45, 2.75) is 25.0 Å². The van der Waals surface area contributed by atoms with Gasteiger partial charge in [0.25, 0.3) is 0 Å².